The SMILES string of the molecule is CC1=NN(c2ccc(C)c(C)c2)C(=O)[C@H]1C=NN1C(=O)c2ccc3c4c(ccc(c24)C1=O)CC3. The van der Waals surface area contributed by atoms with Gasteiger partial charge in [-0.25, -0.2) is 0 Å². The van der Waals surface area contributed by atoms with Gasteiger partial charge in [0.15, 0.2) is 0 Å². The van der Waals surface area contributed by atoms with E-state index in [9.17, 15) is 14.4 Å². The molecule has 3 aromatic rings. The minimum absolute atomic E-state index is 0.274. The van der Waals surface area contributed by atoms with Crippen LogP contribution in [0.25, 0.3) is 10.8 Å². The van der Waals surface area contributed by atoms with Crippen molar-refractivity contribution >= 4 is 46.1 Å². The minimum atomic E-state index is -0.754. The Morgan fingerprint density at radius 2 is 1.50 bits per heavy atom. The molecule has 0 saturated heterocycles. The van der Waals surface area contributed by atoms with Crippen LogP contribution in [-0.2, 0) is 17.6 Å². The molecule has 3 aromatic carbocycles. The van der Waals surface area contributed by atoms with Gasteiger partial charge in [0, 0.05) is 11.6 Å². The molecule has 0 saturated carbocycles. The number of carbonyl (C=O) groups is 3. The van der Waals surface area contributed by atoms with Crippen LogP contribution in [0.1, 0.15) is 49.9 Å². The zero-order valence-electron chi connectivity index (χ0n) is 19.1. The summed E-state index contributed by atoms with van der Waals surface area (Å²) in [6.07, 6.45) is 3.18. The molecule has 3 amide bonds. The summed E-state index contributed by atoms with van der Waals surface area (Å²) in [5.41, 5.74) is 6.68. The summed E-state index contributed by atoms with van der Waals surface area (Å²) < 4.78 is 0. The van der Waals surface area contributed by atoms with Crippen molar-refractivity contribution in [2.75, 3.05) is 5.01 Å². The van der Waals surface area contributed by atoms with Crippen molar-refractivity contribution in [3.8, 4) is 0 Å². The number of aryl methyl sites for hydroxylation is 4. The van der Waals surface area contributed by atoms with Gasteiger partial charge in [-0.1, -0.05) is 18.2 Å². The second-order valence-corrected chi connectivity index (χ2v) is 9.12. The molecule has 0 fully saturated rings. The number of hydrazone groups is 2. The van der Waals surface area contributed by atoms with Gasteiger partial charge < -0.3 is 0 Å². The predicted molar refractivity (Wildman–Crippen MR) is 130 cm³/mol. The molecule has 2 heterocycles. The number of amides is 3. The zero-order chi connectivity index (χ0) is 23.7. The Hall–Kier alpha value is -4.13. The lowest BCUT2D eigenvalue weighted by molar-refractivity contribution is -0.118. The average molecular weight is 450 g/mol. The summed E-state index contributed by atoms with van der Waals surface area (Å²) in [5.74, 6) is -1.98. The van der Waals surface area contributed by atoms with Gasteiger partial charge in [-0.3, -0.25) is 14.4 Å². The first-order valence-electron chi connectivity index (χ1n) is 11.3. The number of nitrogens with zero attached hydrogens (tertiary/aromatic N) is 4. The van der Waals surface area contributed by atoms with E-state index in [2.05, 4.69) is 10.2 Å². The van der Waals surface area contributed by atoms with Gasteiger partial charge in [-0.15, -0.1) is 0 Å². The molecule has 0 N–H and O–H groups in total. The second kappa shape index (κ2) is 7.18. The molecule has 1 atom stereocenters. The van der Waals surface area contributed by atoms with Crippen molar-refractivity contribution in [2.45, 2.75) is 33.6 Å². The molecule has 34 heavy (non-hydrogen) atoms. The molecule has 168 valence electrons. The van der Waals surface area contributed by atoms with E-state index in [1.165, 1.54) is 22.4 Å². The maximum absolute atomic E-state index is 13.2. The van der Waals surface area contributed by atoms with Gasteiger partial charge in [0.2, 0.25) is 0 Å². The molecule has 1 aliphatic carbocycles. The van der Waals surface area contributed by atoms with E-state index in [1.54, 1.807) is 19.1 Å². The Morgan fingerprint density at radius 1 is 0.853 bits per heavy atom. The van der Waals surface area contributed by atoms with Crippen LogP contribution in [0.15, 0.2) is 52.7 Å². The van der Waals surface area contributed by atoms with Gasteiger partial charge in [0.1, 0.15) is 5.92 Å². The van der Waals surface area contributed by atoms with Crippen LogP contribution in [0.3, 0.4) is 0 Å². The Morgan fingerprint density at radius 3 is 2.12 bits per heavy atom. The van der Waals surface area contributed by atoms with Gasteiger partial charge in [0.05, 0.1) is 22.5 Å². The van der Waals surface area contributed by atoms with Crippen LogP contribution >= 0.6 is 0 Å². The third-order valence-electron chi connectivity index (χ3n) is 7.09. The standard InChI is InChI=1S/C27H22N4O3/c1-14-4-9-19(12-15(14)2)30-27(34)22(16(3)29-30)13-28-31-25(32)20-10-7-17-5-6-18-8-11-21(26(31)33)24(20)23(17)18/h4,7-13,22H,5-6H2,1-3H3/t22-/m0/s1. The number of rotatable bonds is 3. The third-order valence-corrected chi connectivity index (χ3v) is 7.09. The third kappa shape index (κ3) is 2.79. The Kier molecular flexibility index (Phi) is 4.33. The second-order valence-electron chi connectivity index (χ2n) is 9.12. The quantitative estimate of drug-likeness (QED) is 0.443. The molecule has 7 heteroatoms. The number of carbonyl (C=O) groups excluding carboxylic acids is 3. The molecule has 0 unspecified atom stereocenters. The lowest BCUT2D eigenvalue weighted by Gasteiger charge is -2.24. The number of hydrogen-bond acceptors (Lipinski definition) is 5. The highest BCUT2D eigenvalue weighted by molar-refractivity contribution is 6.27. The molecule has 0 radical (unpaired) electrons. The summed E-state index contributed by atoms with van der Waals surface area (Å²) >= 11 is 0. The first-order valence-corrected chi connectivity index (χ1v) is 11.3. The summed E-state index contributed by atoms with van der Waals surface area (Å²) in [5, 5.41) is 12.6. The molecule has 0 aromatic heterocycles. The van der Waals surface area contributed by atoms with E-state index in [1.807, 2.05) is 44.2 Å². The highest BCUT2D eigenvalue weighted by atomic mass is 16.2. The molecule has 7 nitrogen and oxygen atoms in total. The fraction of sp³-hybridized carbons (Fsp3) is 0.222. The van der Waals surface area contributed by atoms with Crippen molar-refractivity contribution in [1.82, 2.24) is 5.01 Å². The van der Waals surface area contributed by atoms with Crippen LogP contribution in [-0.4, -0.2) is 34.7 Å². The average Bonchev–Trinajstić information content (AvgIpc) is 3.37. The number of hydrogen-bond donors (Lipinski definition) is 0. The van der Waals surface area contributed by atoms with Crippen LogP contribution in [0, 0.1) is 19.8 Å². The number of anilines is 1. The monoisotopic (exact) mass is 450 g/mol. The minimum Gasteiger partial charge on any atom is -0.271 e. The Bertz CT molecular complexity index is 1460. The van der Waals surface area contributed by atoms with E-state index in [0.29, 0.717) is 22.5 Å². The molecule has 2 aliphatic heterocycles. The van der Waals surface area contributed by atoms with Crippen molar-refractivity contribution in [3.63, 3.8) is 0 Å². The smallest absolute Gasteiger partial charge is 0.271 e. The molecule has 6 rings (SSSR count). The van der Waals surface area contributed by atoms with Crippen molar-refractivity contribution in [2.24, 2.45) is 16.1 Å². The van der Waals surface area contributed by atoms with Crippen LogP contribution in [0.2, 0.25) is 0 Å². The maximum Gasteiger partial charge on any atom is 0.282 e. The summed E-state index contributed by atoms with van der Waals surface area (Å²) in [6, 6.07) is 13.2. The number of imide groups is 1. The first-order chi connectivity index (χ1) is 16.3. The normalized spacial score (nSPS) is 19.2. The van der Waals surface area contributed by atoms with Crippen LogP contribution < -0.4 is 5.01 Å². The summed E-state index contributed by atoms with van der Waals surface area (Å²) in [6.45, 7) is 5.73. The van der Waals surface area contributed by atoms with E-state index in [4.69, 9.17) is 0 Å². The maximum atomic E-state index is 13.2. The topological polar surface area (TPSA) is 82.4 Å². The van der Waals surface area contributed by atoms with Crippen LogP contribution in [0.4, 0.5) is 5.69 Å². The molecular formula is C27H22N4O3. The number of benzene rings is 3. The summed E-state index contributed by atoms with van der Waals surface area (Å²) in [4.78, 5) is 39.6. The molecule has 0 spiro atoms. The highest BCUT2D eigenvalue weighted by Crippen LogP contribution is 2.38. The van der Waals surface area contributed by atoms with E-state index >= 15 is 0 Å². The molecule has 3 aliphatic rings. The van der Waals surface area contributed by atoms with Gasteiger partial charge in [-0.05, 0) is 85.5 Å². The van der Waals surface area contributed by atoms with E-state index in [-0.39, 0.29) is 5.91 Å². The van der Waals surface area contributed by atoms with Crippen molar-refractivity contribution in [1.29, 1.82) is 0 Å². The Balaban J connectivity index is 1.32. The zero-order valence-corrected chi connectivity index (χ0v) is 19.1. The Labute approximate surface area is 196 Å². The first kappa shape index (κ1) is 20.5. The molecule has 0 bridgehead atoms. The lowest BCUT2D eigenvalue weighted by atomic mass is 9.92. The van der Waals surface area contributed by atoms with Gasteiger partial charge in [0.25, 0.3) is 17.7 Å². The largest absolute Gasteiger partial charge is 0.282 e. The fourth-order valence-corrected chi connectivity index (χ4v) is 5.04. The van der Waals surface area contributed by atoms with Gasteiger partial charge >= 0.3 is 0 Å². The predicted octanol–water partition coefficient (Wildman–Crippen LogP) is 4.18. The highest BCUT2D eigenvalue weighted by Gasteiger charge is 2.37. The van der Waals surface area contributed by atoms with Crippen molar-refractivity contribution in [3.05, 3.63) is 75.8 Å². The van der Waals surface area contributed by atoms with E-state index < -0.39 is 17.7 Å². The van der Waals surface area contributed by atoms with Gasteiger partial charge in [-0.2, -0.15) is 20.2 Å². The summed E-state index contributed by atoms with van der Waals surface area (Å²) in [7, 11) is 0. The van der Waals surface area contributed by atoms with E-state index in [0.717, 1.165) is 39.7 Å². The fourth-order valence-electron chi connectivity index (χ4n) is 5.04. The van der Waals surface area contributed by atoms with Crippen molar-refractivity contribution < 1.29 is 14.4 Å². The van der Waals surface area contributed by atoms with Crippen LogP contribution in [0.5, 0.6) is 0 Å². The lowest BCUT2D eigenvalue weighted by Crippen LogP contribution is -2.37. The molecular weight excluding hydrogens is 428 g/mol.